The number of carbonyl (C=O) groups excluding carboxylic acids is 1. The number of sulfonamides is 1. The minimum atomic E-state index is -4.13. The summed E-state index contributed by atoms with van der Waals surface area (Å²) >= 11 is 0. The molecular formula is C20H15F2N3O5S. The number of nitrogens with zero attached hydrogens (tertiary/aromatic N) is 1. The number of anilines is 2. The van der Waals surface area contributed by atoms with Crippen molar-refractivity contribution in [2.75, 3.05) is 10.0 Å². The first-order valence-electron chi connectivity index (χ1n) is 8.75. The molecule has 11 heteroatoms. The van der Waals surface area contributed by atoms with Crippen LogP contribution >= 0.6 is 0 Å². The highest BCUT2D eigenvalue weighted by molar-refractivity contribution is 7.92. The zero-order chi connectivity index (χ0) is 22.6. The molecule has 3 aromatic rings. The lowest BCUT2D eigenvalue weighted by Crippen LogP contribution is -2.15. The van der Waals surface area contributed by atoms with E-state index in [9.17, 15) is 32.1 Å². The maximum absolute atomic E-state index is 13.3. The SMILES string of the molecule is O=C(Cc1ccc([N+](=O)[O-])cc1)Nc1ccc(NS(=O)(=O)c2ccc(F)c(F)c2)cc1. The molecule has 160 valence electrons. The van der Waals surface area contributed by atoms with Gasteiger partial charge in [0.15, 0.2) is 11.6 Å². The predicted octanol–water partition coefficient (Wildman–Crippen LogP) is 3.86. The molecule has 0 saturated carbocycles. The fourth-order valence-electron chi connectivity index (χ4n) is 2.61. The second-order valence-electron chi connectivity index (χ2n) is 6.41. The van der Waals surface area contributed by atoms with Gasteiger partial charge in [-0.1, -0.05) is 12.1 Å². The van der Waals surface area contributed by atoms with E-state index < -0.39 is 31.5 Å². The Balaban J connectivity index is 1.62. The Bertz CT molecular complexity index is 1230. The van der Waals surface area contributed by atoms with Crippen LogP contribution in [0.2, 0.25) is 0 Å². The van der Waals surface area contributed by atoms with Crippen LogP contribution in [0.4, 0.5) is 25.8 Å². The van der Waals surface area contributed by atoms with E-state index in [1.54, 1.807) is 0 Å². The molecule has 0 unspecified atom stereocenters. The van der Waals surface area contributed by atoms with E-state index in [4.69, 9.17) is 0 Å². The first-order valence-corrected chi connectivity index (χ1v) is 10.2. The lowest BCUT2D eigenvalue weighted by atomic mass is 10.1. The number of hydrogen-bond donors (Lipinski definition) is 2. The van der Waals surface area contributed by atoms with Crippen molar-refractivity contribution in [3.63, 3.8) is 0 Å². The van der Waals surface area contributed by atoms with Crippen molar-refractivity contribution in [2.24, 2.45) is 0 Å². The summed E-state index contributed by atoms with van der Waals surface area (Å²) in [6, 6.07) is 13.5. The molecule has 0 aliphatic rings. The summed E-state index contributed by atoms with van der Waals surface area (Å²) in [7, 11) is -4.13. The molecule has 8 nitrogen and oxygen atoms in total. The van der Waals surface area contributed by atoms with Gasteiger partial charge in [-0.15, -0.1) is 0 Å². The summed E-state index contributed by atoms with van der Waals surface area (Å²) in [5.74, 6) is -2.81. The first-order chi connectivity index (χ1) is 14.6. The van der Waals surface area contributed by atoms with Gasteiger partial charge in [0.25, 0.3) is 15.7 Å². The summed E-state index contributed by atoms with van der Waals surface area (Å²) in [4.78, 5) is 21.8. The molecule has 0 spiro atoms. The third-order valence-electron chi connectivity index (χ3n) is 4.13. The molecule has 0 aliphatic carbocycles. The molecule has 3 aromatic carbocycles. The molecule has 31 heavy (non-hydrogen) atoms. The molecule has 0 radical (unpaired) electrons. The molecule has 0 atom stereocenters. The number of benzene rings is 3. The number of halogens is 2. The molecule has 1 amide bonds. The quantitative estimate of drug-likeness (QED) is 0.421. The molecule has 0 saturated heterocycles. The van der Waals surface area contributed by atoms with E-state index >= 15 is 0 Å². The minimum Gasteiger partial charge on any atom is -0.326 e. The van der Waals surface area contributed by atoms with Gasteiger partial charge < -0.3 is 5.32 Å². The maximum atomic E-state index is 13.3. The summed E-state index contributed by atoms with van der Waals surface area (Å²) in [6.07, 6.45) is -0.0114. The Kier molecular flexibility index (Phi) is 6.25. The van der Waals surface area contributed by atoms with Crippen molar-refractivity contribution in [1.82, 2.24) is 0 Å². The average Bonchev–Trinajstić information content (AvgIpc) is 2.71. The number of amides is 1. The van der Waals surface area contributed by atoms with Crippen LogP contribution in [0.3, 0.4) is 0 Å². The van der Waals surface area contributed by atoms with Gasteiger partial charge in [-0.25, -0.2) is 17.2 Å². The van der Waals surface area contributed by atoms with Crippen molar-refractivity contribution in [2.45, 2.75) is 11.3 Å². The number of non-ortho nitro benzene ring substituents is 1. The van der Waals surface area contributed by atoms with Gasteiger partial charge >= 0.3 is 0 Å². The summed E-state index contributed by atoms with van der Waals surface area (Å²) in [5.41, 5.74) is 1.05. The highest BCUT2D eigenvalue weighted by atomic mass is 32.2. The number of carbonyl (C=O) groups is 1. The highest BCUT2D eigenvalue weighted by Crippen LogP contribution is 2.20. The van der Waals surface area contributed by atoms with Gasteiger partial charge in [-0.05, 0) is 48.0 Å². The standard InChI is InChI=1S/C20H15F2N3O5S/c21-18-10-9-17(12-19(18)22)31(29,30)24-15-5-3-14(4-6-15)23-20(26)11-13-1-7-16(8-2-13)25(27)28/h1-10,12,24H,11H2,(H,23,26). The summed E-state index contributed by atoms with van der Waals surface area (Å²) in [6.45, 7) is 0. The van der Waals surface area contributed by atoms with Crippen LogP contribution in [-0.2, 0) is 21.2 Å². The first kappa shape index (κ1) is 21.8. The van der Waals surface area contributed by atoms with Crippen molar-refractivity contribution in [1.29, 1.82) is 0 Å². The third kappa shape index (κ3) is 5.60. The maximum Gasteiger partial charge on any atom is 0.269 e. The predicted molar refractivity (Wildman–Crippen MR) is 109 cm³/mol. The topological polar surface area (TPSA) is 118 Å². The monoisotopic (exact) mass is 447 g/mol. The van der Waals surface area contributed by atoms with E-state index in [-0.39, 0.29) is 23.7 Å². The normalized spacial score (nSPS) is 11.0. The van der Waals surface area contributed by atoms with Crippen LogP contribution in [-0.4, -0.2) is 19.2 Å². The largest absolute Gasteiger partial charge is 0.326 e. The van der Waals surface area contributed by atoms with Crippen LogP contribution < -0.4 is 10.0 Å². The molecule has 0 aromatic heterocycles. The smallest absolute Gasteiger partial charge is 0.269 e. The molecule has 3 rings (SSSR count). The molecule has 0 bridgehead atoms. The number of nitrogens with one attached hydrogen (secondary N) is 2. The second-order valence-corrected chi connectivity index (χ2v) is 8.09. The fourth-order valence-corrected chi connectivity index (χ4v) is 3.68. The lowest BCUT2D eigenvalue weighted by Gasteiger charge is -2.10. The van der Waals surface area contributed by atoms with E-state index in [0.29, 0.717) is 23.4 Å². The van der Waals surface area contributed by atoms with Gasteiger partial charge in [0.05, 0.1) is 16.2 Å². The van der Waals surface area contributed by atoms with E-state index in [0.717, 1.165) is 6.07 Å². The van der Waals surface area contributed by atoms with E-state index in [2.05, 4.69) is 10.0 Å². The molecular weight excluding hydrogens is 432 g/mol. The van der Waals surface area contributed by atoms with Gasteiger partial charge in [-0.2, -0.15) is 0 Å². The van der Waals surface area contributed by atoms with Crippen LogP contribution in [0, 0.1) is 21.7 Å². The van der Waals surface area contributed by atoms with Gasteiger partial charge in [-0.3, -0.25) is 19.6 Å². The highest BCUT2D eigenvalue weighted by Gasteiger charge is 2.17. The van der Waals surface area contributed by atoms with Crippen molar-refractivity contribution >= 4 is 33.0 Å². The van der Waals surface area contributed by atoms with Crippen molar-refractivity contribution in [3.05, 3.63) is 94.0 Å². The van der Waals surface area contributed by atoms with Gasteiger partial charge in [0.2, 0.25) is 5.91 Å². The second kappa shape index (κ2) is 8.88. The lowest BCUT2D eigenvalue weighted by molar-refractivity contribution is -0.384. The van der Waals surface area contributed by atoms with Crippen LogP contribution in [0.25, 0.3) is 0 Å². The molecule has 0 aliphatic heterocycles. The fraction of sp³-hybridized carbons (Fsp3) is 0.0500. The number of nitro groups is 1. The van der Waals surface area contributed by atoms with Crippen molar-refractivity contribution in [3.8, 4) is 0 Å². The van der Waals surface area contributed by atoms with Crippen molar-refractivity contribution < 1.29 is 26.9 Å². The minimum absolute atomic E-state index is 0.0114. The molecule has 0 heterocycles. The Labute approximate surface area is 175 Å². The Hall–Kier alpha value is -3.86. The van der Waals surface area contributed by atoms with Crippen LogP contribution in [0.15, 0.2) is 71.6 Å². The Morgan fingerprint density at radius 2 is 1.52 bits per heavy atom. The van der Waals surface area contributed by atoms with Gasteiger partial charge in [0, 0.05) is 23.5 Å². The Morgan fingerprint density at radius 1 is 0.903 bits per heavy atom. The number of hydrogen-bond acceptors (Lipinski definition) is 5. The van der Waals surface area contributed by atoms with E-state index in [1.165, 1.54) is 48.5 Å². The summed E-state index contributed by atoms with van der Waals surface area (Å²) < 4.78 is 53.1. The number of rotatable bonds is 7. The van der Waals surface area contributed by atoms with Gasteiger partial charge in [0.1, 0.15) is 0 Å². The van der Waals surface area contributed by atoms with Crippen LogP contribution in [0.1, 0.15) is 5.56 Å². The number of nitro benzene ring substituents is 1. The zero-order valence-corrected chi connectivity index (χ0v) is 16.5. The van der Waals surface area contributed by atoms with E-state index in [1.807, 2.05) is 0 Å². The summed E-state index contributed by atoms with van der Waals surface area (Å²) in [5, 5.41) is 13.3. The molecule has 0 fully saturated rings. The zero-order valence-electron chi connectivity index (χ0n) is 15.7. The third-order valence-corrected chi connectivity index (χ3v) is 5.51. The average molecular weight is 447 g/mol. The van der Waals surface area contributed by atoms with Crippen LogP contribution in [0.5, 0.6) is 0 Å². The molecule has 2 N–H and O–H groups in total. The Morgan fingerprint density at radius 3 is 2.10 bits per heavy atom.